The zero-order valence-electron chi connectivity index (χ0n) is 10.4. The molecular formula is C16H12FNS. The van der Waals surface area contributed by atoms with Gasteiger partial charge < -0.3 is 0 Å². The summed E-state index contributed by atoms with van der Waals surface area (Å²) in [6, 6.07) is 14.8. The molecule has 0 N–H and O–H groups in total. The number of rotatable bonds is 2. The minimum Gasteiger partial charge on any atom is -0.236 e. The van der Waals surface area contributed by atoms with E-state index in [9.17, 15) is 4.39 Å². The van der Waals surface area contributed by atoms with Crippen LogP contribution in [0.4, 0.5) is 4.39 Å². The lowest BCUT2D eigenvalue weighted by atomic mass is 10.1. The fraction of sp³-hybridized carbons (Fsp3) is 0.0625. The maximum atomic E-state index is 13.2. The first-order chi connectivity index (χ1) is 9.22. The van der Waals surface area contributed by atoms with Gasteiger partial charge in [0, 0.05) is 16.5 Å². The molecule has 0 spiro atoms. The molecule has 0 fully saturated rings. The van der Waals surface area contributed by atoms with Crippen molar-refractivity contribution in [2.75, 3.05) is 0 Å². The summed E-state index contributed by atoms with van der Waals surface area (Å²) >= 11 is 1.53. The molecule has 0 saturated heterocycles. The summed E-state index contributed by atoms with van der Waals surface area (Å²) in [5, 5.41) is 2.85. The standard InChI is InChI=1S/C16H12FNS/c1-11-4-2-5-12(8-11)15-10-19-16(18-15)13-6-3-7-14(17)9-13/h2-10H,1H3. The Morgan fingerprint density at radius 3 is 2.58 bits per heavy atom. The fourth-order valence-electron chi connectivity index (χ4n) is 1.96. The largest absolute Gasteiger partial charge is 0.236 e. The first kappa shape index (κ1) is 12.1. The predicted octanol–water partition coefficient (Wildman–Crippen LogP) is 4.92. The van der Waals surface area contributed by atoms with Crippen LogP contribution >= 0.6 is 11.3 Å². The SMILES string of the molecule is Cc1cccc(-c2csc(-c3cccc(F)c3)n2)c1. The second-order valence-electron chi connectivity index (χ2n) is 4.42. The van der Waals surface area contributed by atoms with Crippen LogP contribution in [0.5, 0.6) is 0 Å². The average molecular weight is 269 g/mol. The van der Waals surface area contributed by atoms with Crippen molar-refractivity contribution in [3.05, 3.63) is 65.3 Å². The van der Waals surface area contributed by atoms with E-state index in [1.54, 1.807) is 6.07 Å². The Kier molecular flexibility index (Phi) is 3.13. The van der Waals surface area contributed by atoms with Gasteiger partial charge in [-0.05, 0) is 25.1 Å². The Balaban J connectivity index is 2.00. The summed E-state index contributed by atoms with van der Waals surface area (Å²) in [6.45, 7) is 2.06. The van der Waals surface area contributed by atoms with Crippen LogP contribution in [0, 0.1) is 12.7 Å². The molecule has 1 heterocycles. The van der Waals surface area contributed by atoms with E-state index in [2.05, 4.69) is 24.0 Å². The van der Waals surface area contributed by atoms with E-state index in [-0.39, 0.29) is 5.82 Å². The molecule has 3 heteroatoms. The monoisotopic (exact) mass is 269 g/mol. The Hall–Kier alpha value is -2.00. The highest BCUT2D eigenvalue weighted by atomic mass is 32.1. The van der Waals surface area contributed by atoms with Gasteiger partial charge in [0.05, 0.1) is 5.69 Å². The van der Waals surface area contributed by atoms with Crippen molar-refractivity contribution in [2.24, 2.45) is 0 Å². The Morgan fingerprint density at radius 1 is 1.00 bits per heavy atom. The second kappa shape index (κ2) is 4.94. The normalized spacial score (nSPS) is 10.6. The van der Waals surface area contributed by atoms with Crippen molar-refractivity contribution < 1.29 is 4.39 Å². The number of halogens is 1. The third-order valence-corrected chi connectivity index (χ3v) is 3.78. The highest BCUT2D eigenvalue weighted by molar-refractivity contribution is 7.13. The van der Waals surface area contributed by atoms with E-state index in [0.29, 0.717) is 0 Å². The summed E-state index contributed by atoms with van der Waals surface area (Å²) in [5.74, 6) is -0.232. The molecule has 0 aliphatic carbocycles. The molecule has 0 bridgehead atoms. The lowest BCUT2D eigenvalue weighted by molar-refractivity contribution is 0.628. The number of hydrogen-bond acceptors (Lipinski definition) is 2. The molecule has 0 saturated carbocycles. The van der Waals surface area contributed by atoms with Crippen LogP contribution in [0.25, 0.3) is 21.8 Å². The quantitative estimate of drug-likeness (QED) is 0.643. The molecule has 0 amide bonds. The van der Waals surface area contributed by atoms with E-state index in [1.807, 2.05) is 23.6 Å². The van der Waals surface area contributed by atoms with Gasteiger partial charge in [-0.1, -0.05) is 35.9 Å². The summed E-state index contributed by atoms with van der Waals surface area (Å²) in [7, 11) is 0. The predicted molar refractivity (Wildman–Crippen MR) is 77.7 cm³/mol. The molecule has 94 valence electrons. The molecule has 0 aliphatic heterocycles. The summed E-state index contributed by atoms with van der Waals surface area (Å²) in [5.41, 5.74) is 4.06. The smallest absolute Gasteiger partial charge is 0.124 e. The topological polar surface area (TPSA) is 12.9 Å². The molecule has 3 aromatic rings. The zero-order valence-corrected chi connectivity index (χ0v) is 11.2. The van der Waals surface area contributed by atoms with Crippen molar-refractivity contribution in [3.63, 3.8) is 0 Å². The van der Waals surface area contributed by atoms with E-state index in [1.165, 1.54) is 29.0 Å². The maximum Gasteiger partial charge on any atom is 0.124 e. The van der Waals surface area contributed by atoms with Crippen molar-refractivity contribution in [1.82, 2.24) is 4.98 Å². The number of nitrogens with zero attached hydrogens (tertiary/aromatic N) is 1. The van der Waals surface area contributed by atoms with Crippen LogP contribution in [0.3, 0.4) is 0 Å². The zero-order chi connectivity index (χ0) is 13.2. The number of aromatic nitrogens is 1. The van der Waals surface area contributed by atoms with Crippen LogP contribution in [-0.4, -0.2) is 4.98 Å². The molecule has 3 rings (SSSR count). The molecule has 1 nitrogen and oxygen atoms in total. The Bertz CT molecular complexity index is 658. The molecule has 0 atom stereocenters. The number of thiazole rings is 1. The Labute approximate surface area is 115 Å². The van der Waals surface area contributed by atoms with Crippen LogP contribution in [0.1, 0.15) is 5.56 Å². The lowest BCUT2D eigenvalue weighted by Gasteiger charge is -1.98. The Morgan fingerprint density at radius 2 is 1.79 bits per heavy atom. The number of benzene rings is 2. The van der Waals surface area contributed by atoms with Crippen molar-refractivity contribution >= 4 is 11.3 Å². The van der Waals surface area contributed by atoms with Gasteiger partial charge in [-0.15, -0.1) is 11.3 Å². The van der Waals surface area contributed by atoms with Gasteiger partial charge in [-0.25, -0.2) is 9.37 Å². The average Bonchev–Trinajstić information content (AvgIpc) is 2.88. The molecule has 0 unspecified atom stereocenters. The van der Waals surface area contributed by atoms with Crippen LogP contribution in [-0.2, 0) is 0 Å². The molecule has 0 radical (unpaired) electrons. The van der Waals surface area contributed by atoms with Crippen LogP contribution < -0.4 is 0 Å². The first-order valence-electron chi connectivity index (χ1n) is 6.01. The summed E-state index contributed by atoms with van der Waals surface area (Å²) in [6.07, 6.45) is 0. The van der Waals surface area contributed by atoms with Crippen molar-refractivity contribution in [2.45, 2.75) is 6.92 Å². The number of aryl methyl sites for hydroxylation is 1. The van der Waals surface area contributed by atoms with E-state index < -0.39 is 0 Å². The highest BCUT2D eigenvalue weighted by Gasteiger charge is 2.07. The van der Waals surface area contributed by atoms with E-state index in [0.717, 1.165) is 21.8 Å². The summed E-state index contributed by atoms with van der Waals surface area (Å²) in [4.78, 5) is 4.58. The fourth-order valence-corrected chi connectivity index (χ4v) is 2.79. The first-order valence-corrected chi connectivity index (χ1v) is 6.89. The van der Waals surface area contributed by atoms with Gasteiger partial charge in [0.1, 0.15) is 10.8 Å². The second-order valence-corrected chi connectivity index (χ2v) is 5.28. The third kappa shape index (κ3) is 2.56. The van der Waals surface area contributed by atoms with Crippen LogP contribution in [0.2, 0.25) is 0 Å². The van der Waals surface area contributed by atoms with Gasteiger partial charge in [0.15, 0.2) is 0 Å². The lowest BCUT2D eigenvalue weighted by Crippen LogP contribution is -1.81. The van der Waals surface area contributed by atoms with Gasteiger partial charge in [-0.3, -0.25) is 0 Å². The number of hydrogen-bond donors (Lipinski definition) is 0. The van der Waals surface area contributed by atoms with Crippen LogP contribution in [0.15, 0.2) is 53.9 Å². The molecule has 1 aromatic heterocycles. The van der Waals surface area contributed by atoms with Gasteiger partial charge in [-0.2, -0.15) is 0 Å². The van der Waals surface area contributed by atoms with Gasteiger partial charge in [0.25, 0.3) is 0 Å². The molecular weight excluding hydrogens is 257 g/mol. The third-order valence-electron chi connectivity index (χ3n) is 2.89. The van der Waals surface area contributed by atoms with Crippen molar-refractivity contribution in [3.8, 4) is 21.8 Å². The maximum absolute atomic E-state index is 13.2. The molecule has 2 aromatic carbocycles. The van der Waals surface area contributed by atoms with Gasteiger partial charge in [0.2, 0.25) is 0 Å². The van der Waals surface area contributed by atoms with Crippen molar-refractivity contribution in [1.29, 1.82) is 0 Å². The minimum absolute atomic E-state index is 0.232. The summed E-state index contributed by atoms with van der Waals surface area (Å²) < 4.78 is 13.2. The van der Waals surface area contributed by atoms with E-state index in [4.69, 9.17) is 0 Å². The molecule has 0 aliphatic rings. The minimum atomic E-state index is -0.232. The molecule has 19 heavy (non-hydrogen) atoms. The van der Waals surface area contributed by atoms with Gasteiger partial charge >= 0.3 is 0 Å². The highest BCUT2D eigenvalue weighted by Crippen LogP contribution is 2.29. The van der Waals surface area contributed by atoms with E-state index >= 15 is 0 Å².